The van der Waals surface area contributed by atoms with Crippen molar-refractivity contribution in [2.24, 2.45) is 0 Å². The third kappa shape index (κ3) is 4.75. The van der Waals surface area contributed by atoms with Crippen LogP contribution in [0.5, 0.6) is 11.5 Å². The Morgan fingerprint density at radius 3 is 2.48 bits per heavy atom. The van der Waals surface area contributed by atoms with Crippen molar-refractivity contribution in [1.82, 2.24) is 9.97 Å². The number of hydrogen-bond donors (Lipinski definition) is 1. The van der Waals surface area contributed by atoms with Gasteiger partial charge in [0.25, 0.3) is 0 Å². The van der Waals surface area contributed by atoms with Gasteiger partial charge in [0.15, 0.2) is 0 Å². The highest BCUT2D eigenvalue weighted by atomic mass is 35.5. The van der Waals surface area contributed by atoms with E-state index in [1.54, 1.807) is 38.6 Å². The van der Waals surface area contributed by atoms with Crippen LogP contribution in [0, 0.1) is 0 Å². The van der Waals surface area contributed by atoms with Crippen molar-refractivity contribution in [3.63, 3.8) is 0 Å². The number of methoxy groups -OCH3 is 2. The molecule has 7 heteroatoms. The molecule has 33 heavy (non-hydrogen) atoms. The van der Waals surface area contributed by atoms with E-state index < -0.39 is 0 Å². The molecule has 0 radical (unpaired) electrons. The molecule has 4 aromatic rings. The van der Waals surface area contributed by atoms with Crippen LogP contribution in [0.25, 0.3) is 28.1 Å². The summed E-state index contributed by atoms with van der Waals surface area (Å²) in [5.74, 6) is 1.77. The Balaban J connectivity index is 1.84. The zero-order valence-corrected chi connectivity index (χ0v) is 19.9. The number of nitrogens with one attached hydrogen (secondary N) is 1. The molecule has 5 nitrogen and oxygen atoms in total. The first-order valence-corrected chi connectivity index (χ1v) is 11.1. The van der Waals surface area contributed by atoms with Gasteiger partial charge in [-0.2, -0.15) is 0 Å². The predicted molar refractivity (Wildman–Crippen MR) is 137 cm³/mol. The summed E-state index contributed by atoms with van der Waals surface area (Å²) in [7, 11) is 3.16. The minimum absolute atomic E-state index is 0.399. The first-order valence-electron chi connectivity index (χ1n) is 10.4. The smallest absolute Gasteiger partial charge is 0.141 e. The SMILES string of the molecule is C=Cc1c(OC)cc(OC)c(Cl)c1-c1cc2cnc(Cl)cc2c(NCCc2ccccc2)n1. The predicted octanol–water partition coefficient (Wildman–Crippen LogP) is 6.92. The summed E-state index contributed by atoms with van der Waals surface area (Å²) in [6.45, 7) is 4.64. The summed E-state index contributed by atoms with van der Waals surface area (Å²) < 4.78 is 11.0. The molecular formula is C26H23Cl2N3O2. The first kappa shape index (κ1) is 22.9. The van der Waals surface area contributed by atoms with Gasteiger partial charge in [-0.05, 0) is 24.1 Å². The third-order valence-electron chi connectivity index (χ3n) is 5.36. The molecule has 0 bridgehead atoms. The van der Waals surface area contributed by atoms with E-state index in [1.165, 1.54) is 5.56 Å². The molecule has 0 aliphatic carbocycles. The monoisotopic (exact) mass is 479 g/mol. The lowest BCUT2D eigenvalue weighted by Gasteiger charge is -2.18. The van der Waals surface area contributed by atoms with Gasteiger partial charge in [0.2, 0.25) is 0 Å². The van der Waals surface area contributed by atoms with E-state index in [-0.39, 0.29) is 0 Å². The molecule has 4 rings (SSSR count). The topological polar surface area (TPSA) is 56.3 Å². The van der Waals surface area contributed by atoms with Gasteiger partial charge in [-0.3, -0.25) is 0 Å². The molecule has 168 valence electrons. The summed E-state index contributed by atoms with van der Waals surface area (Å²) in [5, 5.41) is 6.03. The van der Waals surface area contributed by atoms with E-state index in [0.29, 0.717) is 45.3 Å². The zero-order chi connectivity index (χ0) is 23.4. The summed E-state index contributed by atoms with van der Waals surface area (Å²) in [6, 6.07) is 15.7. The minimum Gasteiger partial charge on any atom is -0.496 e. The number of rotatable bonds is 8. The molecule has 0 aliphatic rings. The number of nitrogens with zero attached hydrogens (tertiary/aromatic N) is 2. The van der Waals surface area contributed by atoms with Gasteiger partial charge in [0.1, 0.15) is 22.5 Å². The summed E-state index contributed by atoms with van der Waals surface area (Å²) >= 11 is 12.9. The second kappa shape index (κ2) is 10.1. The fourth-order valence-electron chi connectivity index (χ4n) is 3.75. The minimum atomic E-state index is 0.399. The van der Waals surface area contributed by atoms with E-state index in [9.17, 15) is 0 Å². The highest BCUT2D eigenvalue weighted by Gasteiger charge is 2.20. The lowest BCUT2D eigenvalue weighted by atomic mass is 10.0. The average Bonchev–Trinajstić information content (AvgIpc) is 2.84. The molecule has 0 saturated carbocycles. The van der Waals surface area contributed by atoms with E-state index in [1.807, 2.05) is 24.3 Å². The normalized spacial score (nSPS) is 10.8. The maximum Gasteiger partial charge on any atom is 0.141 e. The van der Waals surface area contributed by atoms with Crippen LogP contribution in [0.4, 0.5) is 5.82 Å². The van der Waals surface area contributed by atoms with Crippen LogP contribution < -0.4 is 14.8 Å². The van der Waals surface area contributed by atoms with Crippen molar-refractivity contribution < 1.29 is 9.47 Å². The number of benzene rings is 2. The highest BCUT2D eigenvalue weighted by Crippen LogP contribution is 2.44. The van der Waals surface area contributed by atoms with Gasteiger partial charge in [-0.15, -0.1) is 0 Å². The molecule has 0 spiro atoms. The fourth-order valence-corrected chi connectivity index (χ4v) is 4.24. The number of anilines is 1. The van der Waals surface area contributed by atoms with Gasteiger partial charge in [-0.25, -0.2) is 9.97 Å². The Morgan fingerprint density at radius 1 is 1.03 bits per heavy atom. The lowest BCUT2D eigenvalue weighted by molar-refractivity contribution is 0.394. The van der Waals surface area contributed by atoms with Crippen molar-refractivity contribution >= 4 is 45.9 Å². The van der Waals surface area contributed by atoms with Crippen LogP contribution in [0.15, 0.2) is 61.3 Å². The summed E-state index contributed by atoms with van der Waals surface area (Å²) in [6.07, 6.45) is 4.27. The van der Waals surface area contributed by atoms with Crippen molar-refractivity contribution in [2.75, 3.05) is 26.1 Å². The number of ether oxygens (including phenoxy) is 2. The van der Waals surface area contributed by atoms with E-state index in [4.69, 9.17) is 37.7 Å². The van der Waals surface area contributed by atoms with E-state index >= 15 is 0 Å². The molecule has 1 N–H and O–H groups in total. The molecule has 0 unspecified atom stereocenters. The van der Waals surface area contributed by atoms with Gasteiger partial charge < -0.3 is 14.8 Å². The fraction of sp³-hybridized carbons (Fsp3) is 0.154. The lowest BCUT2D eigenvalue weighted by Crippen LogP contribution is -2.08. The molecule has 0 amide bonds. The zero-order valence-electron chi connectivity index (χ0n) is 18.4. The first-order chi connectivity index (χ1) is 16.0. The van der Waals surface area contributed by atoms with Crippen molar-refractivity contribution in [3.8, 4) is 22.8 Å². The Labute approximate surface area is 203 Å². The van der Waals surface area contributed by atoms with Crippen LogP contribution in [-0.2, 0) is 6.42 Å². The highest BCUT2D eigenvalue weighted by molar-refractivity contribution is 6.35. The quantitative estimate of drug-likeness (QED) is 0.278. The number of halogens is 2. The number of pyridine rings is 2. The Morgan fingerprint density at radius 2 is 1.79 bits per heavy atom. The van der Waals surface area contributed by atoms with Crippen LogP contribution in [-0.4, -0.2) is 30.7 Å². The number of aromatic nitrogens is 2. The molecule has 0 aliphatic heterocycles. The maximum absolute atomic E-state index is 6.74. The molecule has 2 aromatic carbocycles. The van der Waals surface area contributed by atoms with E-state index in [0.717, 1.165) is 22.8 Å². The van der Waals surface area contributed by atoms with Crippen LogP contribution >= 0.6 is 23.2 Å². The second-order valence-corrected chi connectivity index (χ2v) is 8.10. The Kier molecular flexibility index (Phi) is 7.02. The van der Waals surface area contributed by atoms with Crippen molar-refractivity contribution in [2.45, 2.75) is 6.42 Å². The van der Waals surface area contributed by atoms with Gasteiger partial charge in [-0.1, -0.05) is 66.2 Å². The second-order valence-electron chi connectivity index (χ2n) is 7.33. The number of fused-ring (bicyclic) bond motifs is 1. The largest absolute Gasteiger partial charge is 0.496 e. The molecule has 2 aromatic heterocycles. The third-order valence-corrected chi connectivity index (χ3v) is 5.94. The molecule has 0 atom stereocenters. The van der Waals surface area contributed by atoms with Crippen LogP contribution in [0.2, 0.25) is 10.2 Å². The molecular weight excluding hydrogens is 457 g/mol. The van der Waals surface area contributed by atoms with Crippen LogP contribution in [0.3, 0.4) is 0 Å². The Bertz CT molecular complexity index is 1310. The molecule has 2 heterocycles. The summed E-state index contributed by atoms with van der Waals surface area (Å²) in [5.41, 5.74) is 3.28. The molecule has 0 fully saturated rings. The average molecular weight is 480 g/mol. The maximum atomic E-state index is 6.74. The van der Waals surface area contributed by atoms with Gasteiger partial charge in [0, 0.05) is 40.7 Å². The van der Waals surface area contributed by atoms with Gasteiger partial charge >= 0.3 is 0 Å². The Hall–Kier alpha value is -3.28. The summed E-state index contributed by atoms with van der Waals surface area (Å²) in [4.78, 5) is 9.17. The van der Waals surface area contributed by atoms with Crippen molar-refractivity contribution in [1.29, 1.82) is 0 Å². The van der Waals surface area contributed by atoms with E-state index in [2.05, 4.69) is 29.0 Å². The van der Waals surface area contributed by atoms with Crippen LogP contribution in [0.1, 0.15) is 11.1 Å². The van der Waals surface area contributed by atoms with Gasteiger partial charge in [0.05, 0.1) is 24.9 Å². The standard InChI is InChI=1S/C26H23Cl2N3O2/c1-4-18-21(32-2)14-22(33-3)25(28)24(18)20-12-17-15-30-23(27)13-19(17)26(31-20)29-11-10-16-8-6-5-7-9-16/h4-9,12-15H,1,10-11H2,2-3H3,(H,29,31). The molecule has 0 saturated heterocycles. The van der Waals surface area contributed by atoms with Crippen molar-refractivity contribution in [3.05, 3.63) is 82.6 Å². The number of hydrogen-bond acceptors (Lipinski definition) is 5.